The van der Waals surface area contributed by atoms with Gasteiger partial charge in [0.2, 0.25) is 0 Å². The molecule has 0 heterocycles. The van der Waals surface area contributed by atoms with Crippen LogP contribution in [0.4, 0.5) is 26.3 Å². The molecule has 0 bridgehead atoms. The zero-order valence-electron chi connectivity index (χ0n) is 6.77. The van der Waals surface area contributed by atoms with Gasteiger partial charge in [-0.3, -0.25) is 0 Å². The molecule has 13 heavy (non-hydrogen) atoms. The Kier molecular flexibility index (Phi) is 4.08. The quantitative estimate of drug-likeness (QED) is 0.524. The first kappa shape index (κ1) is 12.6. The molecule has 76 valence electrons. The van der Waals surface area contributed by atoms with Gasteiger partial charge in [-0.25, -0.2) is 0 Å². The Morgan fingerprint density at radius 3 is 1.08 bits per heavy atom. The molecule has 0 saturated carbocycles. The van der Waals surface area contributed by atoms with E-state index in [1.165, 1.54) is 0 Å². The minimum atomic E-state index is -4.63. The number of hydrogen-bond acceptors (Lipinski definition) is 0. The molecule has 0 unspecified atom stereocenters. The van der Waals surface area contributed by atoms with Crippen molar-refractivity contribution in [3.8, 4) is 0 Å². The second kappa shape index (κ2) is 4.21. The van der Waals surface area contributed by atoms with Crippen LogP contribution in [0.25, 0.3) is 0 Å². The molecule has 0 saturated heterocycles. The average Bonchev–Trinajstić information content (AvgIpc) is 2.01. The molecule has 7 heteroatoms. The summed E-state index contributed by atoms with van der Waals surface area (Å²) in [7, 11) is 0. The summed E-state index contributed by atoms with van der Waals surface area (Å²) in [6.45, 7) is 0. The van der Waals surface area contributed by atoms with Gasteiger partial charge in [0.25, 0.3) is 0 Å². The monoisotopic (exact) mass is 266 g/mol. The van der Waals surface area contributed by atoms with Crippen LogP contribution >= 0.6 is 0 Å². The van der Waals surface area contributed by atoms with E-state index in [1.54, 1.807) is 0 Å². The van der Waals surface area contributed by atoms with Crippen LogP contribution in [0.2, 0.25) is 11.5 Å². The van der Waals surface area contributed by atoms with Crippen molar-refractivity contribution in [3.63, 3.8) is 0 Å². The molecular formula is C6H6F6Ge. The van der Waals surface area contributed by atoms with E-state index >= 15 is 0 Å². The van der Waals surface area contributed by atoms with Gasteiger partial charge in [0.1, 0.15) is 0 Å². The van der Waals surface area contributed by atoms with E-state index in [1.807, 2.05) is 0 Å². The van der Waals surface area contributed by atoms with Gasteiger partial charge in [0.15, 0.2) is 0 Å². The second-order valence-corrected chi connectivity index (χ2v) is 11.4. The van der Waals surface area contributed by atoms with Crippen LogP contribution < -0.4 is 0 Å². The summed E-state index contributed by atoms with van der Waals surface area (Å²) < 4.78 is 67.7. The van der Waals surface area contributed by atoms with Gasteiger partial charge in [-0.05, 0) is 0 Å². The zero-order chi connectivity index (χ0) is 10.8. The summed E-state index contributed by atoms with van der Waals surface area (Å²) in [6.07, 6.45) is -5.44. The van der Waals surface area contributed by atoms with Crippen molar-refractivity contribution >= 4 is 13.3 Å². The Hall–Kier alpha value is -0.397. The third-order valence-electron chi connectivity index (χ3n) is 1.43. The SMILES string of the molecule is [CH3][Ge]([CH3])([C](F)=C(F)F)[C](F)=C(F)F. The van der Waals surface area contributed by atoms with Gasteiger partial charge in [0, 0.05) is 0 Å². The molecule has 0 aromatic rings. The minimum absolute atomic E-state index is 0.781. The predicted octanol–water partition coefficient (Wildman–Crippen LogP) is 3.93. The number of rotatable bonds is 2. The van der Waals surface area contributed by atoms with Crippen LogP contribution in [0.3, 0.4) is 0 Å². The van der Waals surface area contributed by atoms with Crippen LogP contribution in [0.5, 0.6) is 0 Å². The average molecular weight is 265 g/mol. The first-order valence-corrected chi connectivity index (χ1v) is 9.43. The Morgan fingerprint density at radius 1 is 0.692 bits per heavy atom. The molecular weight excluding hydrogens is 259 g/mol. The summed E-state index contributed by atoms with van der Waals surface area (Å²) >= 11 is -4.63. The predicted molar refractivity (Wildman–Crippen MR) is 38.2 cm³/mol. The second-order valence-electron chi connectivity index (χ2n) is 2.77. The Morgan fingerprint density at radius 2 is 0.923 bits per heavy atom. The molecule has 0 aromatic heterocycles. The Bertz CT molecular complexity index is 232. The van der Waals surface area contributed by atoms with Crippen molar-refractivity contribution in [2.24, 2.45) is 0 Å². The molecule has 0 aliphatic carbocycles. The van der Waals surface area contributed by atoms with Gasteiger partial charge in [0.05, 0.1) is 0 Å². The fourth-order valence-electron chi connectivity index (χ4n) is 0.569. The molecule has 0 fully saturated rings. The van der Waals surface area contributed by atoms with E-state index < -0.39 is 34.7 Å². The summed E-state index contributed by atoms with van der Waals surface area (Å²) in [5.74, 6) is 1.56. The van der Waals surface area contributed by atoms with Crippen molar-refractivity contribution in [1.29, 1.82) is 0 Å². The summed E-state index contributed by atoms with van der Waals surface area (Å²) in [5, 5.41) is 0. The van der Waals surface area contributed by atoms with E-state index in [2.05, 4.69) is 0 Å². The van der Waals surface area contributed by atoms with E-state index in [0.717, 1.165) is 11.5 Å². The van der Waals surface area contributed by atoms with Crippen molar-refractivity contribution < 1.29 is 26.3 Å². The standard InChI is InChI=1S/C6H6F6Ge/c1-13(2,5(11)3(7)8)6(12)4(9)10/h1-2H3. The normalized spacial score (nSPS) is 11.1. The van der Waals surface area contributed by atoms with Gasteiger partial charge in [-0.15, -0.1) is 0 Å². The van der Waals surface area contributed by atoms with E-state index in [-0.39, 0.29) is 0 Å². The van der Waals surface area contributed by atoms with E-state index in [0.29, 0.717) is 0 Å². The molecule has 0 aliphatic heterocycles. The topological polar surface area (TPSA) is 0 Å². The van der Waals surface area contributed by atoms with Crippen LogP contribution in [0.15, 0.2) is 21.5 Å². The molecule has 0 spiro atoms. The van der Waals surface area contributed by atoms with Crippen LogP contribution in [0, 0.1) is 0 Å². The number of halogens is 6. The summed E-state index contributed by atoms with van der Waals surface area (Å²) in [5.41, 5.74) is 0. The van der Waals surface area contributed by atoms with Crippen molar-refractivity contribution in [3.05, 3.63) is 21.5 Å². The first-order valence-electron chi connectivity index (χ1n) is 3.13. The Balaban J connectivity index is 5.23. The molecule has 0 aliphatic rings. The fourth-order valence-corrected chi connectivity index (χ4v) is 2.96. The fraction of sp³-hybridized carbons (Fsp3) is 0.333. The third-order valence-corrected chi connectivity index (χ3v) is 6.83. The van der Waals surface area contributed by atoms with Gasteiger partial charge in [-0.2, -0.15) is 0 Å². The molecule has 0 aromatic carbocycles. The molecule has 0 rings (SSSR count). The van der Waals surface area contributed by atoms with Crippen LogP contribution in [0.1, 0.15) is 0 Å². The summed E-state index contributed by atoms with van der Waals surface area (Å²) in [6, 6.07) is 0. The van der Waals surface area contributed by atoms with Gasteiger partial charge < -0.3 is 0 Å². The molecule has 0 N–H and O–H groups in total. The van der Waals surface area contributed by atoms with E-state index in [4.69, 9.17) is 0 Å². The van der Waals surface area contributed by atoms with Crippen LogP contribution in [-0.2, 0) is 0 Å². The molecule has 0 nitrogen and oxygen atoms in total. The Labute approximate surface area is 73.3 Å². The summed E-state index contributed by atoms with van der Waals surface area (Å²) in [4.78, 5) is 0. The zero-order valence-corrected chi connectivity index (χ0v) is 8.87. The van der Waals surface area contributed by atoms with Crippen molar-refractivity contribution in [2.75, 3.05) is 0 Å². The molecule has 0 amide bonds. The van der Waals surface area contributed by atoms with Crippen molar-refractivity contribution in [2.45, 2.75) is 11.5 Å². The van der Waals surface area contributed by atoms with Crippen molar-refractivity contribution in [1.82, 2.24) is 0 Å². The first-order chi connectivity index (χ1) is 5.71. The molecule has 0 radical (unpaired) electrons. The van der Waals surface area contributed by atoms with E-state index in [9.17, 15) is 26.3 Å². The van der Waals surface area contributed by atoms with Crippen LogP contribution in [-0.4, -0.2) is 13.3 Å². The number of hydrogen-bond donors (Lipinski definition) is 0. The maximum absolute atomic E-state index is 12.5. The third kappa shape index (κ3) is 2.78. The van der Waals surface area contributed by atoms with Gasteiger partial charge in [-0.1, -0.05) is 0 Å². The van der Waals surface area contributed by atoms with Gasteiger partial charge >= 0.3 is 72.6 Å². The maximum atomic E-state index is 12.5. The molecule has 0 atom stereocenters.